The Hall–Kier alpha value is -2.05. The first kappa shape index (κ1) is 16.3. The number of nitrogens with zero attached hydrogens (tertiary/aromatic N) is 1. The summed E-state index contributed by atoms with van der Waals surface area (Å²) in [5.41, 5.74) is 6.93. The number of nitrogen functional groups attached to an aromatic ring is 1. The Balaban J connectivity index is 1.83. The zero-order chi connectivity index (χ0) is 15.8. The predicted octanol–water partition coefficient (Wildman–Crippen LogP) is 0.896. The summed E-state index contributed by atoms with van der Waals surface area (Å²) >= 11 is 0. The molecule has 0 spiro atoms. The van der Waals surface area contributed by atoms with Crippen molar-refractivity contribution in [3.8, 4) is 5.75 Å². The lowest BCUT2D eigenvalue weighted by molar-refractivity contribution is 0.0323. The van der Waals surface area contributed by atoms with Gasteiger partial charge in [0.2, 0.25) is 0 Å². The topological polar surface area (TPSA) is 76.8 Å². The van der Waals surface area contributed by atoms with Gasteiger partial charge in [0.25, 0.3) is 5.91 Å². The Morgan fingerprint density at radius 1 is 1.45 bits per heavy atom. The Kier molecular flexibility index (Phi) is 6.24. The maximum absolute atomic E-state index is 11.8. The van der Waals surface area contributed by atoms with Crippen molar-refractivity contribution in [2.45, 2.75) is 0 Å². The number of carbonyl (C=O) groups excluding carboxylic acids is 1. The molecule has 0 unspecified atom stereocenters. The molecule has 2 rings (SSSR count). The van der Waals surface area contributed by atoms with Gasteiger partial charge in [0.05, 0.1) is 18.9 Å². The molecule has 1 aromatic rings. The number of carbonyl (C=O) groups is 1. The fourth-order valence-electron chi connectivity index (χ4n) is 2.20. The van der Waals surface area contributed by atoms with Crippen LogP contribution < -0.4 is 15.8 Å². The molecule has 0 aliphatic carbocycles. The van der Waals surface area contributed by atoms with Crippen molar-refractivity contribution >= 4 is 11.6 Å². The van der Waals surface area contributed by atoms with Gasteiger partial charge in [-0.25, -0.2) is 0 Å². The lowest BCUT2D eigenvalue weighted by Gasteiger charge is -2.26. The monoisotopic (exact) mass is 305 g/mol. The van der Waals surface area contributed by atoms with E-state index in [1.807, 2.05) is 0 Å². The zero-order valence-electron chi connectivity index (χ0n) is 12.7. The standard InChI is InChI=1S/C16H23N3O3/c1-2-5-18-16(20)13-3-4-15(14(17)12-13)22-11-8-19-6-9-21-10-7-19/h2-4,12H,1,5-11,17H2,(H,18,20). The van der Waals surface area contributed by atoms with Gasteiger partial charge in [-0.15, -0.1) is 6.58 Å². The van der Waals surface area contributed by atoms with Crippen molar-refractivity contribution in [1.29, 1.82) is 0 Å². The number of anilines is 1. The molecule has 0 aromatic heterocycles. The molecular weight excluding hydrogens is 282 g/mol. The molecule has 1 fully saturated rings. The number of nitrogens with one attached hydrogen (secondary N) is 1. The van der Waals surface area contributed by atoms with Gasteiger partial charge in [0, 0.05) is 31.7 Å². The van der Waals surface area contributed by atoms with Crippen LogP contribution in [0, 0.1) is 0 Å². The number of benzene rings is 1. The van der Waals surface area contributed by atoms with E-state index >= 15 is 0 Å². The summed E-state index contributed by atoms with van der Waals surface area (Å²) in [4.78, 5) is 14.1. The molecule has 120 valence electrons. The highest BCUT2D eigenvalue weighted by Crippen LogP contribution is 2.22. The fraction of sp³-hybridized carbons (Fsp3) is 0.438. The van der Waals surface area contributed by atoms with E-state index in [1.54, 1.807) is 24.3 Å². The molecule has 1 aliphatic heterocycles. The Bertz CT molecular complexity index is 513. The van der Waals surface area contributed by atoms with Crippen molar-refractivity contribution < 1.29 is 14.3 Å². The summed E-state index contributed by atoms with van der Waals surface area (Å²) < 4.78 is 11.0. The van der Waals surface area contributed by atoms with Crippen LogP contribution >= 0.6 is 0 Å². The van der Waals surface area contributed by atoms with Crippen molar-refractivity contribution in [3.63, 3.8) is 0 Å². The van der Waals surface area contributed by atoms with Crippen molar-refractivity contribution in [1.82, 2.24) is 10.2 Å². The summed E-state index contributed by atoms with van der Waals surface area (Å²) in [6.45, 7) is 8.80. The van der Waals surface area contributed by atoms with Gasteiger partial charge in [-0.05, 0) is 18.2 Å². The van der Waals surface area contributed by atoms with Crippen LogP contribution in [-0.2, 0) is 4.74 Å². The van der Waals surface area contributed by atoms with Gasteiger partial charge >= 0.3 is 0 Å². The number of rotatable bonds is 7. The lowest BCUT2D eigenvalue weighted by Crippen LogP contribution is -2.38. The minimum Gasteiger partial charge on any atom is -0.490 e. The van der Waals surface area contributed by atoms with Crippen LogP contribution in [0.4, 0.5) is 5.69 Å². The van der Waals surface area contributed by atoms with E-state index in [2.05, 4.69) is 16.8 Å². The molecule has 1 saturated heterocycles. The second-order valence-electron chi connectivity index (χ2n) is 5.05. The van der Waals surface area contributed by atoms with Crippen molar-refractivity contribution in [3.05, 3.63) is 36.4 Å². The van der Waals surface area contributed by atoms with Crippen molar-refractivity contribution in [2.75, 3.05) is 51.7 Å². The first-order valence-corrected chi connectivity index (χ1v) is 7.42. The first-order chi connectivity index (χ1) is 10.7. The van der Waals surface area contributed by atoms with E-state index in [1.165, 1.54) is 0 Å². The Labute approximate surface area is 130 Å². The first-order valence-electron chi connectivity index (χ1n) is 7.42. The van der Waals surface area contributed by atoms with E-state index in [-0.39, 0.29) is 5.91 Å². The summed E-state index contributed by atoms with van der Waals surface area (Å²) in [5, 5.41) is 2.71. The molecule has 0 bridgehead atoms. The Morgan fingerprint density at radius 3 is 2.91 bits per heavy atom. The third-order valence-electron chi connectivity index (χ3n) is 3.45. The average molecular weight is 305 g/mol. The van der Waals surface area contributed by atoms with E-state index in [0.29, 0.717) is 30.2 Å². The van der Waals surface area contributed by atoms with Gasteiger partial charge < -0.3 is 20.5 Å². The summed E-state index contributed by atoms with van der Waals surface area (Å²) in [6.07, 6.45) is 1.63. The van der Waals surface area contributed by atoms with Crippen LogP contribution in [0.5, 0.6) is 5.75 Å². The third kappa shape index (κ3) is 4.75. The minimum absolute atomic E-state index is 0.175. The summed E-state index contributed by atoms with van der Waals surface area (Å²) in [6, 6.07) is 5.07. The summed E-state index contributed by atoms with van der Waals surface area (Å²) in [5.74, 6) is 0.431. The number of ether oxygens (including phenoxy) is 2. The largest absolute Gasteiger partial charge is 0.490 e. The fourth-order valence-corrected chi connectivity index (χ4v) is 2.20. The average Bonchev–Trinajstić information content (AvgIpc) is 2.55. The van der Waals surface area contributed by atoms with Crippen molar-refractivity contribution in [2.24, 2.45) is 0 Å². The van der Waals surface area contributed by atoms with Gasteiger partial charge in [0.1, 0.15) is 12.4 Å². The smallest absolute Gasteiger partial charge is 0.251 e. The van der Waals surface area contributed by atoms with Crippen LogP contribution in [0.3, 0.4) is 0 Å². The SMILES string of the molecule is C=CCNC(=O)c1ccc(OCCN2CCOCC2)c(N)c1. The molecule has 6 nitrogen and oxygen atoms in total. The van der Waals surface area contributed by atoms with Crippen LogP contribution in [0.1, 0.15) is 10.4 Å². The number of hydrogen-bond donors (Lipinski definition) is 2. The molecule has 0 saturated carbocycles. The number of amides is 1. The highest BCUT2D eigenvalue weighted by atomic mass is 16.5. The highest BCUT2D eigenvalue weighted by molar-refractivity contribution is 5.95. The van der Waals surface area contributed by atoms with E-state index in [0.717, 1.165) is 32.8 Å². The van der Waals surface area contributed by atoms with Crippen LogP contribution in [0.15, 0.2) is 30.9 Å². The van der Waals surface area contributed by atoms with E-state index in [4.69, 9.17) is 15.2 Å². The minimum atomic E-state index is -0.175. The third-order valence-corrected chi connectivity index (χ3v) is 3.45. The van der Waals surface area contributed by atoms with Crippen LogP contribution in [-0.4, -0.2) is 56.8 Å². The molecule has 1 amide bonds. The van der Waals surface area contributed by atoms with E-state index in [9.17, 15) is 4.79 Å². The molecular formula is C16H23N3O3. The van der Waals surface area contributed by atoms with Crippen LogP contribution in [0.25, 0.3) is 0 Å². The molecule has 1 aromatic carbocycles. The zero-order valence-corrected chi connectivity index (χ0v) is 12.7. The normalized spacial score (nSPS) is 15.3. The van der Waals surface area contributed by atoms with Gasteiger partial charge in [-0.2, -0.15) is 0 Å². The molecule has 1 aliphatic rings. The molecule has 0 radical (unpaired) electrons. The molecule has 22 heavy (non-hydrogen) atoms. The Morgan fingerprint density at radius 2 is 2.23 bits per heavy atom. The maximum atomic E-state index is 11.8. The van der Waals surface area contributed by atoms with Gasteiger partial charge in [0.15, 0.2) is 0 Å². The quantitative estimate of drug-likeness (QED) is 0.578. The number of morpholine rings is 1. The second-order valence-corrected chi connectivity index (χ2v) is 5.05. The second kappa shape index (κ2) is 8.41. The lowest BCUT2D eigenvalue weighted by atomic mass is 10.1. The number of hydrogen-bond acceptors (Lipinski definition) is 5. The van der Waals surface area contributed by atoms with Gasteiger partial charge in [-0.1, -0.05) is 6.08 Å². The molecule has 0 atom stereocenters. The predicted molar refractivity (Wildman–Crippen MR) is 86.1 cm³/mol. The summed E-state index contributed by atoms with van der Waals surface area (Å²) in [7, 11) is 0. The van der Waals surface area contributed by atoms with Gasteiger partial charge in [-0.3, -0.25) is 9.69 Å². The molecule has 6 heteroatoms. The maximum Gasteiger partial charge on any atom is 0.251 e. The highest BCUT2D eigenvalue weighted by Gasteiger charge is 2.11. The van der Waals surface area contributed by atoms with Crippen LogP contribution in [0.2, 0.25) is 0 Å². The molecule has 1 heterocycles. The van der Waals surface area contributed by atoms with E-state index < -0.39 is 0 Å². The molecule has 3 N–H and O–H groups in total. The number of nitrogens with two attached hydrogens (primary N) is 1.